The SMILES string of the molecule is Cc1cc(C)n2ncc(C(=O)NCC(N)C(C)O)c2n1. The number of nitrogens with two attached hydrogens (primary N) is 1. The number of hydrogen-bond donors (Lipinski definition) is 3. The maximum absolute atomic E-state index is 12.1. The second kappa shape index (κ2) is 5.56. The van der Waals surface area contributed by atoms with E-state index in [0.717, 1.165) is 11.4 Å². The average Bonchev–Trinajstić information content (AvgIpc) is 2.79. The molecule has 0 radical (unpaired) electrons. The first-order valence-corrected chi connectivity index (χ1v) is 6.44. The second-order valence-electron chi connectivity index (χ2n) is 4.95. The number of carbonyl (C=O) groups excluding carboxylic acids is 1. The molecule has 0 saturated carbocycles. The van der Waals surface area contributed by atoms with Crippen molar-refractivity contribution in [3.05, 3.63) is 29.2 Å². The van der Waals surface area contributed by atoms with Gasteiger partial charge < -0.3 is 16.2 Å². The zero-order chi connectivity index (χ0) is 14.9. The fourth-order valence-corrected chi connectivity index (χ4v) is 1.91. The number of carbonyl (C=O) groups is 1. The molecule has 4 N–H and O–H groups in total. The van der Waals surface area contributed by atoms with Crippen LogP contribution < -0.4 is 11.1 Å². The monoisotopic (exact) mass is 277 g/mol. The van der Waals surface area contributed by atoms with Gasteiger partial charge in [0.05, 0.1) is 12.3 Å². The van der Waals surface area contributed by atoms with Gasteiger partial charge in [-0.05, 0) is 26.8 Å². The van der Waals surface area contributed by atoms with Gasteiger partial charge in [-0.25, -0.2) is 9.50 Å². The third-order valence-corrected chi connectivity index (χ3v) is 3.14. The molecule has 2 rings (SSSR count). The van der Waals surface area contributed by atoms with Crippen molar-refractivity contribution in [2.45, 2.75) is 32.9 Å². The van der Waals surface area contributed by atoms with Gasteiger partial charge >= 0.3 is 0 Å². The minimum Gasteiger partial charge on any atom is -0.392 e. The fourth-order valence-electron chi connectivity index (χ4n) is 1.91. The summed E-state index contributed by atoms with van der Waals surface area (Å²) in [5, 5.41) is 16.1. The minimum absolute atomic E-state index is 0.193. The van der Waals surface area contributed by atoms with Gasteiger partial charge in [-0.15, -0.1) is 0 Å². The van der Waals surface area contributed by atoms with Crippen LogP contribution in [0.5, 0.6) is 0 Å². The van der Waals surface area contributed by atoms with Gasteiger partial charge in [0.15, 0.2) is 5.65 Å². The molecule has 2 atom stereocenters. The van der Waals surface area contributed by atoms with E-state index < -0.39 is 12.1 Å². The minimum atomic E-state index is -0.679. The van der Waals surface area contributed by atoms with Gasteiger partial charge in [0.2, 0.25) is 0 Å². The Hall–Kier alpha value is -1.99. The van der Waals surface area contributed by atoms with Crippen LogP contribution in [-0.2, 0) is 0 Å². The predicted octanol–water partition coefficient (Wildman–Crippen LogP) is -0.216. The molecule has 0 saturated heterocycles. The molecule has 2 aromatic rings. The predicted molar refractivity (Wildman–Crippen MR) is 74.5 cm³/mol. The van der Waals surface area contributed by atoms with Gasteiger partial charge in [0.25, 0.3) is 5.91 Å². The molecular weight excluding hydrogens is 258 g/mol. The molecular formula is C13H19N5O2. The lowest BCUT2D eigenvalue weighted by Crippen LogP contribution is -2.43. The lowest BCUT2D eigenvalue weighted by molar-refractivity contribution is 0.0939. The summed E-state index contributed by atoms with van der Waals surface area (Å²) in [6.07, 6.45) is 0.805. The topological polar surface area (TPSA) is 106 Å². The average molecular weight is 277 g/mol. The van der Waals surface area contributed by atoms with Gasteiger partial charge in [-0.3, -0.25) is 4.79 Å². The number of fused-ring (bicyclic) bond motifs is 1. The van der Waals surface area contributed by atoms with Crippen LogP contribution in [0.3, 0.4) is 0 Å². The number of amides is 1. The molecule has 108 valence electrons. The van der Waals surface area contributed by atoms with Crippen LogP contribution in [0.2, 0.25) is 0 Å². The van der Waals surface area contributed by atoms with Gasteiger partial charge in [-0.1, -0.05) is 0 Å². The van der Waals surface area contributed by atoms with Gasteiger partial charge in [0.1, 0.15) is 5.56 Å². The van der Waals surface area contributed by atoms with Crippen molar-refractivity contribution in [2.75, 3.05) is 6.54 Å². The van der Waals surface area contributed by atoms with Crippen LogP contribution in [0.4, 0.5) is 0 Å². The summed E-state index contributed by atoms with van der Waals surface area (Å²) >= 11 is 0. The Balaban J connectivity index is 2.23. The van der Waals surface area contributed by atoms with E-state index in [4.69, 9.17) is 5.73 Å². The highest BCUT2D eigenvalue weighted by molar-refractivity contribution is 5.99. The molecule has 2 aromatic heterocycles. The molecule has 2 unspecified atom stereocenters. The molecule has 0 bridgehead atoms. The quantitative estimate of drug-likeness (QED) is 0.716. The number of nitrogens with one attached hydrogen (secondary N) is 1. The van der Waals surface area contributed by atoms with Crippen molar-refractivity contribution in [3.8, 4) is 0 Å². The molecule has 0 fully saturated rings. The first-order chi connectivity index (χ1) is 9.40. The maximum atomic E-state index is 12.1. The van der Waals surface area contributed by atoms with Crippen molar-refractivity contribution in [3.63, 3.8) is 0 Å². The van der Waals surface area contributed by atoms with E-state index in [2.05, 4.69) is 15.4 Å². The number of rotatable bonds is 4. The highest BCUT2D eigenvalue weighted by atomic mass is 16.3. The van der Waals surface area contributed by atoms with Crippen LogP contribution in [0.25, 0.3) is 5.65 Å². The van der Waals surface area contributed by atoms with Crippen LogP contribution in [0, 0.1) is 13.8 Å². The third-order valence-electron chi connectivity index (χ3n) is 3.14. The Kier molecular flexibility index (Phi) is 4.01. The van der Waals surface area contributed by atoms with Crippen LogP contribution in [0.15, 0.2) is 12.3 Å². The van der Waals surface area contributed by atoms with Gasteiger partial charge in [0, 0.05) is 24.0 Å². The van der Waals surface area contributed by atoms with E-state index in [1.165, 1.54) is 6.20 Å². The summed E-state index contributed by atoms with van der Waals surface area (Å²) in [7, 11) is 0. The molecule has 0 aliphatic carbocycles. The first kappa shape index (κ1) is 14.4. The number of aromatic nitrogens is 3. The molecule has 1 amide bonds. The third kappa shape index (κ3) is 2.78. The highest BCUT2D eigenvalue weighted by Gasteiger charge is 2.17. The van der Waals surface area contributed by atoms with Crippen molar-refractivity contribution < 1.29 is 9.90 Å². The van der Waals surface area contributed by atoms with E-state index in [0.29, 0.717) is 11.2 Å². The van der Waals surface area contributed by atoms with E-state index in [1.54, 1.807) is 11.4 Å². The smallest absolute Gasteiger partial charge is 0.256 e. The summed E-state index contributed by atoms with van der Waals surface area (Å²) < 4.78 is 1.62. The molecule has 0 aromatic carbocycles. The van der Waals surface area contributed by atoms with Crippen molar-refractivity contribution >= 4 is 11.6 Å². The van der Waals surface area contributed by atoms with Crippen LogP contribution in [-0.4, -0.2) is 44.3 Å². The van der Waals surface area contributed by atoms with Crippen LogP contribution in [0.1, 0.15) is 28.7 Å². The Morgan fingerprint density at radius 3 is 2.90 bits per heavy atom. The van der Waals surface area contributed by atoms with E-state index >= 15 is 0 Å². The molecule has 0 spiro atoms. The molecule has 7 heteroatoms. The van der Waals surface area contributed by atoms with Crippen molar-refractivity contribution in [1.29, 1.82) is 0 Å². The molecule has 7 nitrogen and oxygen atoms in total. The summed E-state index contributed by atoms with van der Waals surface area (Å²) in [6.45, 7) is 5.55. The number of aliphatic hydroxyl groups excluding tert-OH is 1. The normalized spacial score (nSPS) is 14.2. The summed E-state index contributed by atoms with van der Waals surface area (Å²) in [5.74, 6) is -0.298. The summed E-state index contributed by atoms with van der Waals surface area (Å²) in [4.78, 5) is 16.5. The Bertz CT molecular complexity index is 635. The molecule has 0 aliphatic rings. The van der Waals surface area contributed by atoms with E-state index in [-0.39, 0.29) is 12.5 Å². The maximum Gasteiger partial charge on any atom is 0.256 e. The molecule has 2 heterocycles. The summed E-state index contributed by atoms with van der Waals surface area (Å²) in [5.41, 5.74) is 8.33. The number of nitrogens with zero attached hydrogens (tertiary/aromatic N) is 3. The lowest BCUT2D eigenvalue weighted by Gasteiger charge is -2.14. The molecule has 20 heavy (non-hydrogen) atoms. The number of hydrogen-bond acceptors (Lipinski definition) is 5. The largest absolute Gasteiger partial charge is 0.392 e. The highest BCUT2D eigenvalue weighted by Crippen LogP contribution is 2.11. The van der Waals surface area contributed by atoms with Crippen molar-refractivity contribution in [1.82, 2.24) is 19.9 Å². The number of aliphatic hydroxyl groups is 1. The second-order valence-corrected chi connectivity index (χ2v) is 4.95. The standard InChI is InChI=1S/C13H19N5O2/c1-7-4-8(2)18-12(17-7)10(5-16-18)13(20)15-6-11(14)9(3)19/h4-5,9,11,19H,6,14H2,1-3H3,(H,15,20). The Morgan fingerprint density at radius 2 is 2.25 bits per heavy atom. The lowest BCUT2D eigenvalue weighted by atomic mass is 10.2. The van der Waals surface area contributed by atoms with Crippen molar-refractivity contribution in [2.24, 2.45) is 5.73 Å². The van der Waals surface area contributed by atoms with Crippen LogP contribution >= 0.6 is 0 Å². The molecule has 0 aliphatic heterocycles. The fraction of sp³-hybridized carbons (Fsp3) is 0.462. The Morgan fingerprint density at radius 1 is 1.55 bits per heavy atom. The zero-order valence-electron chi connectivity index (χ0n) is 11.8. The Labute approximate surface area is 116 Å². The first-order valence-electron chi connectivity index (χ1n) is 6.44. The zero-order valence-corrected chi connectivity index (χ0v) is 11.8. The summed E-state index contributed by atoms with van der Waals surface area (Å²) in [6, 6.07) is 1.39. The van der Waals surface area contributed by atoms with E-state index in [9.17, 15) is 9.90 Å². The van der Waals surface area contributed by atoms with Gasteiger partial charge in [-0.2, -0.15) is 5.10 Å². The number of aryl methyl sites for hydroxylation is 2. The van der Waals surface area contributed by atoms with E-state index in [1.807, 2.05) is 19.9 Å².